The van der Waals surface area contributed by atoms with Crippen LogP contribution in [0.25, 0.3) is 0 Å². The molecule has 0 saturated carbocycles. The first kappa shape index (κ1) is 4.75. The summed E-state index contributed by atoms with van der Waals surface area (Å²) in [4.78, 5) is 0. The third-order valence-electron chi connectivity index (χ3n) is 0.916. The summed E-state index contributed by atoms with van der Waals surface area (Å²) in [7, 11) is 0. The Morgan fingerprint density at radius 3 is 2.43 bits per heavy atom. The zero-order valence-electron chi connectivity index (χ0n) is 3.75. The lowest BCUT2D eigenvalue weighted by molar-refractivity contribution is 0.0555. The Morgan fingerprint density at radius 1 is 1.57 bits per heavy atom. The van der Waals surface area contributed by atoms with Gasteiger partial charge in [0.1, 0.15) is 0 Å². The predicted octanol–water partition coefficient (Wildman–Crippen LogP) is 1.77. The van der Waals surface area contributed by atoms with Crippen molar-refractivity contribution in [2.75, 3.05) is 0 Å². The molecule has 0 saturated heterocycles. The van der Waals surface area contributed by atoms with Crippen molar-refractivity contribution >= 4 is 0 Å². The average molecular weight is 103 g/mol. The fraction of sp³-hybridized carbons (Fsp3) is 0.600. The molecule has 0 atom stereocenters. The lowest BCUT2D eigenvalue weighted by atomic mass is 10.3. The molecule has 0 aromatic heterocycles. The van der Waals surface area contributed by atoms with Gasteiger partial charge >= 0.3 is 0 Å². The SMILES string of the molecule is FC1(F)C=[C]CC1. The molecule has 0 aromatic carbocycles. The summed E-state index contributed by atoms with van der Waals surface area (Å²) in [5.74, 6) is -2.54. The van der Waals surface area contributed by atoms with Crippen LogP contribution in [0.4, 0.5) is 8.78 Å². The van der Waals surface area contributed by atoms with E-state index < -0.39 is 5.92 Å². The third kappa shape index (κ3) is 0.981. The van der Waals surface area contributed by atoms with Gasteiger partial charge in [0, 0.05) is 6.42 Å². The molecular weight excluding hydrogens is 98.1 g/mol. The highest BCUT2D eigenvalue weighted by molar-refractivity contribution is 4.96. The molecule has 0 aromatic rings. The maximum atomic E-state index is 11.8. The Labute approximate surface area is 40.8 Å². The highest BCUT2D eigenvalue weighted by atomic mass is 19.3. The largest absolute Gasteiger partial charge is 0.267 e. The molecule has 2 heteroatoms. The van der Waals surface area contributed by atoms with Gasteiger partial charge in [-0.1, -0.05) is 0 Å². The molecule has 7 heavy (non-hydrogen) atoms. The van der Waals surface area contributed by atoms with Gasteiger partial charge < -0.3 is 0 Å². The highest BCUT2D eigenvalue weighted by Crippen LogP contribution is 2.26. The highest BCUT2D eigenvalue weighted by Gasteiger charge is 2.27. The van der Waals surface area contributed by atoms with Crippen LogP contribution in [-0.4, -0.2) is 5.92 Å². The summed E-state index contributed by atoms with van der Waals surface area (Å²) in [5, 5.41) is 0. The molecule has 0 aliphatic heterocycles. The lowest BCUT2D eigenvalue weighted by Gasteiger charge is -2.00. The molecule has 0 amide bonds. The fourth-order valence-corrected chi connectivity index (χ4v) is 0.532. The molecule has 0 nitrogen and oxygen atoms in total. The fourth-order valence-electron chi connectivity index (χ4n) is 0.532. The Kier molecular flexibility index (Phi) is 0.873. The van der Waals surface area contributed by atoms with Gasteiger partial charge in [0.15, 0.2) is 0 Å². The molecule has 0 bridgehead atoms. The van der Waals surface area contributed by atoms with Crippen molar-refractivity contribution in [1.82, 2.24) is 0 Å². The minimum absolute atomic E-state index is 0.0486. The molecule has 0 heterocycles. The monoisotopic (exact) mass is 103 g/mol. The zero-order chi connectivity index (χ0) is 5.33. The second kappa shape index (κ2) is 1.29. The second-order valence-electron chi connectivity index (χ2n) is 1.61. The molecule has 1 aliphatic rings. The van der Waals surface area contributed by atoms with Crippen LogP contribution in [0, 0.1) is 6.08 Å². The molecule has 39 valence electrons. The van der Waals surface area contributed by atoms with Gasteiger partial charge in [0.25, 0.3) is 5.92 Å². The van der Waals surface area contributed by atoms with E-state index in [9.17, 15) is 8.78 Å². The van der Waals surface area contributed by atoms with Gasteiger partial charge in [0.2, 0.25) is 0 Å². The van der Waals surface area contributed by atoms with Crippen LogP contribution < -0.4 is 0 Å². The maximum absolute atomic E-state index is 11.8. The molecule has 0 fully saturated rings. The summed E-state index contributed by atoms with van der Waals surface area (Å²) in [6.45, 7) is 0. The van der Waals surface area contributed by atoms with Crippen molar-refractivity contribution in [2.45, 2.75) is 18.8 Å². The van der Waals surface area contributed by atoms with E-state index in [1.807, 2.05) is 0 Å². The van der Waals surface area contributed by atoms with Crippen LogP contribution in [0.3, 0.4) is 0 Å². The summed E-state index contributed by atoms with van der Waals surface area (Å²) in [5.41, 5.74) is 0. The van der Waals surface area contributed by atoms with E-state index in [1.54, 1.807) is 0 Å². The van der Waals surface area contributed by atoms with Gasteiger partial charge in [-0.3, -0.25) is 0 Å². The molecule has 0 spiro atoms. The Bertz CT molecular complexity index is 94.3. The minimum Gasteiger partial charge on any atom is -0.202 e. The van der Waals surface area contributed by atoms with E-state index >= 15 is 0 Å². The van der Waals surface area contributed by atoms with Crippen LogP contribution in [0.2, 0.25) is 0 Å². The van der Waals surface area contributed by atoms with Crippen molar-refractivity contribution in [3.63, 3.8) is 0 Å². The zero-order valence-corrected chi connectivity index (χ0v) is 3.75. The standard InChI is InChI=1S/C5H5F2/c6-5(7)3-1-2-4-5/h4H,1,3H2. The Balaban J connectivity index is 2.57. The quantitative estimate of drug-likeness (QED) is 0.438. The number of hydrogen-bond donors (Lipinski definition) is 0. The first-order valence-electron chi connectivity index (χ1n) is 2.16. The van der Waals surface area contributed by atoms with Crippen molar-refractivity contribution in [1.29, 1.82) is 0 Å². The van der Waals surface area contributed by atoms with Crippen LogP contribution in [0.1, 0.15) is 12.8 Å². The molecule has 0 N–H and O–H groups in total. The normalized spacial score (nSPS) is 26.0. The first-order valence-corrected chi connectivity index (χ1v) is 2.16. The predicted molar refractivity (Wildman–Crippen MR) is 22.0 cm³/mol. The van der Waals surface area contributed by atoms with E-state index in [0.717, 1.165) is 6.08 Å². The topological polar surface area (TPSA) is 0 Å². The Morgan fingerprint density at radius 2 is 2.29 bits per heavy atom. The molecule has 0 unspecified atom stereocenters. The molecule has 1 aliphatic carbocycles. The van der Waals surface area contributed by atoms with E-state index in [4.69, 9.17) is 0 Å². The van der Waals surface area contributed by atoms with Crippen LogP contribution in [0.15, 0.2) is 6.08 Å². The summed E-state index contributed by atoms with van der Waals surface area (Å²) < 4.78 is 23.7. The van der Waals surface area contributed by atoms with E-state index in [2.05, 4.69) is 6.08 Å². The molecule has 1 radical (unpaired) electrons. The van der Waals surface area contributed by atoms with Crippen molar-refractivity contribution in [3.05, 3.63) is 12.2 Å². The van der Waals surface area contributed by atoms with E-state index in [1.165, 1.54) is 0 Å². The van der Waals surface area contributed by atoms with Crippen molar-refractivity contribution in [3.8, 4) is 0 Å². The van der Waals surface area contributed by atoms with Gasteiger partial charge in [-0.15, -0.1) is 0 Å². The number of halogens is 2. The third-order valence-corrected chi connectivity index (χ3v) is 0.916. The van der Waals surface area contributed by atoms with Crippen LogP contribution in [0.5, 0.6) is 0 Å². The average Bonchev–Trinajstić information content (AvgIpc) is 1.84. The van der Waals surface area contributed by atoms with Gasteiger partial charge in [-0.2, -0.15) is 0 Å². The number of allylic oxidation sites excluding steroid dienone is 2. The smallest absolute Gasteiger partial charge is 0.202 e. The Hall–Kier alpha value is -0.400. The number of rotatable bonds is 0. The lowest BCUT2D eigenvalue weighted by Crippen LogP contribution is -2.05. The first-order chi connectivity index (χ1) is 3.21. The molecule has 1 rings (SSSR count). The summed E-state index contributed by atoms with van der Waals surface area (Å²) in [6, 6.07) is 0. The van der Waals surface area contributed by atoms with Crippen LogP contribution >= 0.6 is 0 Å². The van der Waals surface area contributed by atoms with E-state index in [0.29, 0.717) is 6.42 Å². The number of alkyl halides is 2. The second-order valence-corrected chi connectivity index (χ2v) is 1.61. The van der Waals surface area contributed by atoms with Crippen LogP contribution in [-0.2, 0) is 0 Å². The summed E-state index contributed by atoms with van der Waals surface area (Å²) >= 11 is 0. The van der Waals surface area contributed by atoms with E-state index in [-0.39, 0.29) is 6.42 Å². The minimum atomic E-state index is -2.54. The molecular formula is C5H5F2. The number of hydrogen-bond acceptors (Lipinski definition) is 0. The van der Waals surface area contributed by atoms with Crippen molar-refractivity contribution < 1.29 is 8.78 Å². The summed E-state index contributed by atoms with van der Waals surface area (Å²) in [6.07, 6.45) is 3.64. The maximum Gasteiger partial charge on any atom is 0.267 e. The van der Waals surface area contributed by atoms with Gasteiger partial charge in [-0.05, 0) is 18.6 Å². The van der Waals surface area contributed by atoms with Gasteiger partial charge in [-0.25, -0.2) is 8.78 Å². The van der Waals surface area contributed by atoms with Gasteiger partial charge in [0.05, 0.1) is 0 Å². The van der Waals surface area contributed by atoms with Crippen molar-refractivity contribution in [2.24, 2.45) is 0 Å².